The van der Waals surface area contributed by atoms with Crippen LogP contribution in [0.2, 0.25) is 10.0 Å². The van der Waals surface area contributed by atoms with Gasteiger partial charge >= 0.3 is 0 Å². The Labute approximate surface area is 126 Å². The number of benzene rings is 1. The molecular weight excluding hydrogens is 304 g/mol. The lowest BCUT2D eigenvalue weighted by molar-refractivity contribution is -0.120. The minimum atomic E-state index is -1.04. The van der Waals surface area contributed by atoms with Gasteiger partial charge in [0.05, 0.1) is 12.6 Å². The molecule has 1 saturated heterocycles. The highest BCUT2D eigenvalue weighted by molar-refractivity contribution is 6.33. The van der Waals surface area contributed by atoms with Gasteiger partial charge in [-0.1, -0.05) is 29.8 Å². The van der Waals surface area contributed by atoms with Crippen LogP contribution >= 0.6 is 23.2 Å². The lowest BCUT2D eigenvalue weighted by atomic mass is 9.92. The van der Waals surface area contributed by atoms with Crippen molar-refractivity contribution in [3.05, 3.63) is 46.2 Å². The smallest absolute Gasteiger partial charge is 0.279 e. The van der Waals surface area contributed by atoms with E-state index in [9.17, 15) is 9.18 Å². The van der Waals surface area contributed by atoms with Gasteiger partial charge in [0.1, 0.15) is 0 Å². The third kappa shape index (κ3) is 3.51. The van der Waals surface area contributed by atoms with E-state index in [1.807, 2.05) is 0 Å². The molecule has 0 spiro atoms. The summed E-state index contributed by atoms with van der Waals surface area (Å²) in [5.74, 6) is -1.86. The highest BCUT2D eigenvalue weighted by Gasteiger charge is 2.30. The van der Waals surface area contributed by atoms with Crippen molar-refractivity contribution in [2.45, 2.75) is 12.5 Å². The van der Waals surface area contributed by atoms with E-state index in [1.54, 1.807) is 18.2 Å². The number of rotatable bonds is 4. The minimum Gasteiger partial charge on any atom is -0.381 e. The average Bonchev–Trinajstić information content (AvgIpc) is 2.92. The first-order chi connectivity index (χ1) is 9.49. The third-order valence-electron chi connectivity index (χ3n) is 3.26. The molecule has 1 aromatic rings. The summed E-state index contributed by atoms with van der Waals surface area (Å²) >= 11 is 12.1. The summed E-state index contributed by atoms with van der Waals surface area (Å²) < 4.78 is 18.3. The Balaban J connectivity index is 2.32. The van der Waals surface area contributed by atoms with Crippen molar-refractivity contribution >= 4 is 29.1 Å². The number of ether oxygens (including phenoxy) is 1. The monoisotopic (exact) mass is 317 g/mol. The minimum absolute atomic E-state index is 0.0225. The fraction of sp³-hybridized carbons (Fsp3) is 0.357. The molecular formula is C14H14Cl2FNO2. The Morgan fingerprint density at radius 2 is 2.25 bits per heavy atom. The van der Waals surface area contributed by atoms with E-state index in [4.69, 9.17) is 27.9 Å². The zero-order valence-corrected chi connectivity index (χ0v) is 12.2. The molecule has 20 heavy (non-hydrogen) atoms. The molecule has 1 aliphatic rings. The number of halogens is 3. The summed E-state index contributed by atoms with van der Waals surface area (Å²) in [7, 11) is 0. The first-order valence-electron chi connectivity index (χ1n) is 6.17. The summed E-state index contributed by atoms with van der Waals surface area (Å²) in [5.41, 5.74) is 0.657. The van der Waals surface area contributed by atoms with Crippen molar-refractivity contribution in [2.24, 2.45) is 5.92 Å². The van der Waals surface area contributed by atoms with Crippen LogP contribution in [0.4, 0.5) is 4.39 Å². The fourth-order valence-electron chi connectivity index (χ4n) is 2.24. The molecule has 1 heterocycles. The second-order valence-electron chi connectivity index (χ2n) is 4.65. The number of nitrogens with one attached hydrogen (secondary N) is 1. The highest BCUT2D eigenvalue weighted by Crippen LogP contribution is 2.34. The van der Waals surface area contributed by atoms with Crippen LogP contribution in [-0.2, 0) is 9.53 Å². The van der Waals surface area contributed by atoms with Crippen LogP contribution < -0.4 is 5.32 Å². The standard InChI is InChI=1S/C14H14Cl2FNO2/c1-8(17)14(19)18-13(9-4-5-20-7-9)11-6-10(15)2-3-12(11)16/h2-3,6,9,13H,1,4-5,7H2,(H,18,19). The van der Waals surface area contributed by atoms with E-state index in [-0.39, 0.29) is 5.92 Å². The van der Waals surface area contributed by atoms with Crippen LogP contribution in [0.3, 0.4) is 0 Å². The van der Waals surface area contributed by atoms with Gasteiger partial charge in [-0.25, -0.2) is 4.39 Å². The lowest BCUT2D eigenvalue weighted by Crippen LogP contribution is -2.34. The summed E-state index contributed by atoms with van der Waals surface area (Å²) in [6.45, 7) is 4.08. The van der Waals surface area contributed by atoms with E-state index in [1.165, 1.54) is 0 Å². The van der Waals surface area contributed by atoms with Gasteiger partial charge in [-0.05, 0) is 30.2 Å². The van der Waals surface area contributed by atoms with Crippen LogP contribution in [0.15, 0.2) is 30.6 Å². The van der Waals surface area contributed by atoms with E-state index in [2.05, 4.69) is 11.9 Å². The zero-order chi connectivity index (χ0) is 14.7. The summed E-state index contributed by atoms with van der Waals surface area (Å²) in [6, 6.07) is 4.53. The molecule has 0 bridgehead atoms. The Bertz CT molecular complexity index is 530. The molecule has 6 heteroatoms. The maximum absolute atomic E-state index is 12.9. The zero-order valence-electron chi connectivity index (χ0n) is 10.7. The molecule has 3 nitrogen and oxygen atoms in total. The molecule has 0 saturated carbocycles. The molecule has 2 atom stereocenters. The molecule has 0 aliphatic carbocycles. The van der Waals surface area contributed by atoms with E-state index in [0.717, 1.165) is 6.42 Å². The van der Waals surface area contributed by atoms with Crippen molar-refractivity contribution in [3.63, 3.8) is 0 Å². The van der Waals surface area contributed by atoms with Crippen LogP contribution in [0, 0.1) is 5.92 Å². The Morgan fingerprint density at radius 3 is 2.85 bits per heavy atom. The summed E-state index contributed by atoms with van der Waals surface area (Å²) in [4.78, 5) is 11.6. The first kappa shape index (κ1) is 15.3. The van der Waals surface area contributed by atoms with Gasteiger partial charge in [0, 0.05) is 22.6 Å². The van der Waals surface area contributed by atoms with Crippen molar-refractivity contribution in [3.8, 4) is 0 Å². The molecule has 1 fully saturated rings. The van der Waals surface area contributed by atoms with Gasteiger partial charge in [-0.15, -0.1) is 0 Å². The first-order valence-corrected chi connectivity index (χ1v) is 6.92. The van der Waals surface area contributed by atoms with Crippen molar-refractivity contribution in [1.82, 2.24) is 5.32 Å². The third-order valence-corrected chi connectivity index (χ3v) is 3.84. The predicted molar refractivity (Wildman–Crippen MR) is 76.5 cm³/mol. The fourth-order valence-corrected chi connectivity index (χ4v) is 2.65. The highest BCUT2D eigenvalue weighted by atomic mass is 35.5. The largest absolute Gasteiger partial charge is 0.381 e. The molecule has 108 valence electrons. The average molecular weight is 318 g/mol. The predicted octanol–water partition coefficient (Wildman–Crippen LogP) is 3.67. The second kappa shape index (κ2) is 6.57. The number of amides is 1. The van der Waals surface area contributed by atoms with Crippen molar-refractivity contribution < 1.29 is 13.9 Å². The molecule has 2 rings (SSSR count). The van der Waals surface area contributed by atoms with Gasteiger partial charge in [0.2, 0.25) is 0 Å². The second-order valence-corrected chi connectivity index (χ2v) is 5.49. The lowest BCUT2D eigenvalue weighted by Gasteiger charge is -2.25. The topological polar surface area (TPSA) is 38.3 Å². The van der Waals surface area contributed by atoms with Gasteiger partial charge in [-0.3, -0.25) is 4.79 Å². The SMILES string of the molecule is C=C(F)C(=O)NC(c1cc(Cl)ccc1Cl)C1CCOC1. The van der Waals surface area contributed by atoms with Gasteiger partial charge < -0.3 is 10.1 Å². The van der Waals surface area contributed by atoms with Crippen molar-refractivity contribution in [1.29, 1.82) is 0 Å². The molecule has 1 aromatic carbocycles. The van der Waals surface area contributed by atoms with Crippen LogP contribution in [-0.4, -0.2) is 19.1 Å². The number of hydrogen-bond donors (Lipinski definition) is 1. The molecule has 1 N–H and O–H groups in total. The van der Waals surface area contributed by atoms with E-state index < -0.39 is 17.8 Å². The normalized spacial score (nSPS) is 19.6. The summed E-state index contributed by atoms with van der Waals surface area (Å²) in [5, 5.41) is 3.58. The molecule has 1 amide bonds. The Hall–Kier alpha value is -1.10. The van der Waals surface area contributed by atoms with Gasteiger partial charge in [0.15, 0.2) is 5.83 Å². The van der Waals surface area contributed by atoms with E-state index >= 15 is 0 Å². The van der Waals surface area contributed by atoms with Crippen LogP contribution in [0.5, 0.6) is 0 Å². The Kier molecular flexibility index (Phi) is 5.02. The maximum Gasteiger partial charge on any atom is 0.279 e. The quantitative estimate of drug-likeness (QED) is 0.860. The molecule has 0 aromatic heterocycles. The van der Waals surface area contributed by atoms with E-state index in [0.29, 0.717) is 28.8 Å². The van der Waals surface area contributed by atoms with Crippen molar-refractivity contribution in [2.75, 3.05) is 13.2 Å². The Morgan fingerprint density at radius 1 is 1.50 bits per heavy atom. The molecule has 2 unspecified atom stereocenters. The number of carbonyl (C=O) groups is 1. The number of hydrogen-bond acceptors (Lipinski definition) is 2. The number of carbonyl (C=O) groups excluding carboxylic acids is 1. The molecule has 1 aliphatic heterocycles. The summed E-state index contributed by atoms with van der Waals surface area (Å²) in [6.07, 6.45) is 0.756. The van der Waals surface area contributed by atoms with Gasteiger partial charge in [-0.2, -0.15) is 0 Å². The molecule has 0 radical (unpaired) electrons. The van der Waals surface area contributed by atoms with Crippen LogP contribution in [0.1, 0.15) is 18.0 Å². The van der Waals surface area contributed by atoms with Gasteiger partial charge in [0.25, 0.3) is 5.91 Å². The maximum atomic E-state index is 12.9. The van der Waals surface area contributed by atoms with Crippen LogP contribution in [0.25, 0.3) is 0 Å².